The zero-order valence-electron chi connectivity index (χ0n) is 12.7. The Bertz CT molecular complexity index is 503. The summed E-state index contributed by atoms with van der Waals surface area (Å²) in [5, 5.41) is 0. The van der Waals surface area contributed by atoms with Gasteiger partial charge < -0.3 is 24.8 Å². The van der Waals surface area contributed by atoms with Gasteiger partial charge in [-0.05, 0) is 6.07 Å². The molecule has 0 atom stereocenters. The third-order valence-electron chi connectivity index (χ3n) is 2.99. The smallest absolute Gasteiger partial charge is 0.256 e. The van der Waals surface area contributed by atoms with Crippen LogP contribution >= 0.6 is 0 Å². The van der Waals surface area contributed by atoms with Gasteiger partial charge in [-0.2, -0.15) is 0 Å². The average molecular weight is 294 g/mol. The van der Waals surface area contributed by atoms with E-state index in [1.807, 2.05) is 0 Å². The summed E-state index contributed by atoms with van der Waals surface area (Å²) in [6.07, 6.45) is 1.66. The van der Waals surface area contributed by atoms with Gasteiger partial charge in [-0.3, -0.25) is 4.79 Å². The lowest BCUT2D eigenvalue weighted by molar-refractivity contribution is 0.0719. The number of anilines is 1. The maximum Gasteiger partial charge on any atom is 0.256 e. The summed E-state index contributed by atoms with van der Waals surface area (Å²) in [5.41, 5.74) is 6.65. The van der Waals surface area contributed by atoms with E-state index in [2.05, 4.69) is 6.58 Å². The zero-order chi connectivity index (χ0) is 15.8. The molecule has 6 heteroatoms. The Hall–Kier alpha value is -2.21. The van der Waals surface area contributed by atoms with Gasteiger partial charge in [-0.25, -0.2) is 0 Å². The number of amides is 1. The van der Waals surface area contributed by atoms with E-state index in [9.17, 15) is 4.79 Å². The van der Waals surface area contributed by atoms with Crippen LogP contribution in [0.4, 0.5) is 5.69 Å². The lowest BCUT2D eigenvalue weighted by Crippen LogP contribution is -2.34. The Morgan fingerprint density at radius 1 is 1.29 bits per heavy atom. The van der Waals surface area contributed by atoms with Crippen LogP contribution in [0.25, 0.3) is 0 Å². The number of hydrogen-bond acceptors (Lipinski definition) is 5. The van der Waals surface area contributed by atoms with Crippen molar-refractivity contribution < 1.29 is 19.0 Å². The van der Waals surface area contributed by atoms with Gasteiger partial charge >= 0.3 is 0 Å². The second-order valence-electron chi connectivity index (χ2n) is 4.33. The Morgan fingerprint density at radius 2 is 1.90 bits per heavy atom. The summed E-state index contributed by atoms with van der Waals surface area (Å²) in [4.78, 5) is 14.2. The zero-order valence-corrected chi connectivity index (χ0v) is 12.7. The quantitative estimate of drug-likeness (QED) is 0.582. The third-order valence-corrected chi connectivity index (χ3v) is 2.99. The van der Waals surface area contributed by atoms with Gasteiger partial charge in [0, 0.05) is 32.0 Å². The van der Waals surface area contributed by atoms with E-state index in [1.165, 1.54) is 14.2 Å². The molecule has 0 saturated carbocycles. The summed E-state index contributed by atoms with van der Waals surface area (Å²) in [6, 6.07) is 3.16. The first-order valence-electron chi connectivity index (χ1n) is 6.49. The molecule has 116 valence electrons. The Kier molecular flexibility index (Phi) is 6.55. The van der Waals surface area contributed by atoms with Gasteiger partial charge in [0.1, 0.15) is 0 Å². The first kappa shape index (κ1) is 16.8. The molecule has 0 aliphatic rings. The van der Waals surface area contributed by atoms with Crippen LogP contribution < -0.4 is 15.2 Å². The minimum absolute atomic E-state index is 0.203. The highest BCUT2D eigenvalue weighted by Crippen LogP contribution is 2.32. The van der Waals surface area contributed by atoms with Gasteiger partial charge in [-0.1, -0.05) is 6.08 Å². The van der Waals surface area contributed by atoms with Crippen molar-refractivity contribution in [2.45, 2.75) is 0 Å². The van der Waals surface area contributed by atoms with Crippen LogP contribution in [0.1, 0.15) is 10.4 Å². The van der Waals surface area contributed by atoms with Crippen molar-refractivity contribution in [1.82, 2.24) is 4.90 Å². The van der Waals surface area contributed by atoms with Crippen LogP contribution in [0.15, 0.2) is 24.8 Å². The maximum absolute atomic E-state index is 12.6. The first-order valence-corrected chi connectivity index (χ1v) is 6.49. The van der Waals surface area contributed by atoms with E-state index in [0.717, 1.165) is 0 Å². The molecule has 6 nitrogen and oxygen atoms in total. The van der Waals surface area contributed by atoms with E-state index >= 15 is 0 Å². The summed E-state index contributed by atoms with van der Waals surface area (Å²) < 4.78 is 15.4. The molecule has 21 heavy (non-hydrogen) atoms. The van der Waals surface area contributed by atoms with E-state index in [0.29, 0.717) is 42.4 Å². The highest BCUT2D eigenvalue weighted by Gasteiger charge is 2.20. The standard InChI is InChI=1S/C15H22N2O4/c1-5-6-17(7-8-19-2)15(18)11-9-13(20-3)14(21-4)10-12(11)16/h5,9-10H,1,6-8,16H2,2-4H3. The van der Waals surface area contributed by atoms with Crippen molar-refractivity contribution in [1.29, 1.82) is 0 Å². The van der Waals surface area contributed by atoms with Crippen molar-refractivity contribution in [2.75, 3.05) is 46.8 Å². The minimum atomic E-state index is -0.203. The molecule has 0 unspecified atom stereocenters. The van der Waals surface area contributed by atoms with E-state index in [1.54, 1.807) is 30.2 Å². The minimum Gasteiger partial charge on any atom is -0.493 e. The maximum atomic E-state index is 12.6. The molecule has 0 spiro atoms. The van der Waals surface area contributed by atoms with Gasteiger partial charge in [0.05, 0.1) is 26.4 Å². The van der Waals surface area contributed by atoms with Crippen LogP contribution in [0.5, 0.6) is 11.5 Å². The van der Waals surface area contributed by atoms with E-state index in [-0.39, 0.29) is 5.91 Å². The molecular weight excluding hydrogens is 272 g/mol. The number of carbonyl (C=O) groups is 1. The van der Waals surface area contributed by atoms with Crippen LogP contribution in [-0.4, -0.2) is 51.8 Å². The second kappa shape index (κ2) is 8.16. The number of methoxy groups -OCH3 is 3. The topological polar surface area (TPSA) is 74.0 Å². The number of nitrogen functional groups attached to an aromatic ring is 1. The summed E-state index contributed by atoms with van der Waals surface area (Å²) in [6.45, 7) is 4.96. The van der Waals surface area contributed by atoms with Crippen molar-refractivity contribution >= 4 is 11.6 Å². The Balaban J connectivity index is 3.11. The summed E-state index contributed by atoms with van der Waals surface area (Å²) in [7, 11) is 4.61. The SMILES string of the molecule is C=CCN(CCOC)C(=O)c1cc(OC)c(OC)cc1N. The number of carbonyl (C=O) groups excluding carboxylic acids is 1. The number of nitrogens with zero attached hydrogens (tertiary/aromatic N) is 1. The van der Waals surface area contributed by atoms with E-state index < -0.39 is 0 Å². The number of benzene rings is 1. The van der Waals surface area contributed by atoms with Crippen molar-refractivity contribution in [3.63, 3.8) is 0 Å². The van der Waals surface area contributed by atoms with Crippen molar-refractivity contribution in [3.05, 3.63) is 30.4 Å². The fourth-order valence-corrected chi connectivity index (χ4v) is 1.88. The van der Waals surface area contributed by atoms with Gasteiger partial charge in [-0.15, -0.1) is 6.58 Å². The number of hydrogen-bond donors (Lipinski definition) is 1. The van der Waals surface area contributed by atoms with Crippen LogP contribution in [0, 0.1) is 0 Å². The molecule has 0 fully saturated rings. The second-order valence-corrected chi connectivity index (χ2v) is 4.33. The molecule has 0 heterocycles. The van der Waals surface area contributed by atoms with Gasteiger partial charge in [0.25, 0.3) is 5.91 Å². The highest BCUT2D eigenvalue weighted by molar-refractivity contribution is 6.00. The lowest BCUT2D eigenvalue weighted by atomic mass is 10.1. The molecule has 1 amide bonds. The fraction of sp³-hybridized carbons (Fsp3) is 0.400. The molecule has 0 aliphatic carbocycles. The molecule has 0 bridgehead atoms. The summed E-state index contributed by atoms with van der Waals surface area (Å²) >= 11 is 0. The van der Waals surface area contributed by atoms with Crippen LogP contribution in [-0.2, 0) is 4.74 Å². The fourth-order valence-electron chi connectivity index (χ4n) is 1.88. The van der Waals surface area contributed by atoms with Gasteiger partial charge in [0.15, 0.2) is 11.5 Å². The Morgan fingerprint density at radius 3 is 2.43 bits per heavy atom. The molecule has 1 rings (SSSR count). The lowest BCUT2D eigenvalue weighted by Gasteiger charge is -2.22. The van der Waals surface area contributed by atoms with Crippen molar-refractivity contribution in [2.24, 2.45) is 0 Å². The molecule has 0 saturated heterocycles. The average Bonchev–Trinajstić information content (AvgIpc) is 2.50. The third kappa shape index (κ3) is 4.13. The first-order chi connectivity index (χ1) is 10.1. The predicted molar refractivity (Wildman–Crippen MR) is 81.9 cm³/mol. The van der Waals surface area contributed by atoms with Crippen LogP contribution in [0.2, 0.25) is 0 Å². The molecule has 0 aliphatic heterocycles. The Labute approximate surface area is 125 Å². The summed E-state index contributed by atoms with van der Waals surface area (Å²) in [5.74, 6) is 0.740. The number of nitrogens with two attached hydrogens (primary N) is 1. The van der Waals surface area contributed by atoms with Crippen LogP contribution in [0.3, 0.4) is 0 Å². The monoisotopic (exact) mass is 294 g/mol. The number of ether oxygens (including phenoxy) is 3. The normalized spacial score (nSPS) is 10.0. The predicted octanol–water partition coefficient (Wildman–Crippen LogP) is 1.56. The largest absolute Gasteiger partial charge is 0.493 e. The molecule has 2 N–H and O–H groups in total. The highest BCUT2D eigenvalue weighted by atomic mass is 16.5. The molecule has 1 aromatic rings. The molecule has 0 radical (unpaired) electrons. The number of rotatable bonds is 8. The van der Waals surface area contributed by atoms with E-state index in [4.69, 9.17) is 19.9 Å². The molecule has 1 aromatic carbocycles. The molecule has 0 aromatic heterocycles. The molecular formula is C15H22N2O4. The van der Waals surface area contributed by atoms with Crippen molar-refractivity contribution in [3.8, 4) is 11.5 Å². The van der Waals surface area contributed by atoms with Gasteiger partial charge in [0.2, 0.25) is 0 Å².